The number of carbonyl (C=O) groups excluding carboxylic acids is 1. The molecule has 0 unspecified atom stereocenters. The van der Waals surface area contributed by atoms with Crippen molar-refractivity contribution in [3.05, 3.63) is 65.8 Å². The van der Waals surface area contributed by atoms with Crippen molar-refractivity contribution < 1.29 is 13.7 Å². The summed E-state index contributed by atoms with van der Waals surface area (Å²) in [6.07, 6.45) is 1.65. The molecule has 3 aromatic rings. The summed E-state index contributed by atoms with van der Waals surface area (Å²) in [7, 11) is 0. The molecule has 0 saturated carbocycles. The molecule has 0 spiro atoms. The van der Waals surface area contributed by atoms with Crippen LogP contribution in [0.4, 0.5) is 10.1 Å². The molecule has 5 rings (SSSR count). The van der Waals surface area contributed by atoms with Gasteiger partial charge in [0.25, 0.3) is 0 Å². The van der Waals surface area contributed by atoms with E-state index in [1.165, 1.54) is 6.07 Å². The number of para-hydroxylation sites is 1. The van der Waals surface area contributed by atoms with E-state index in [1.807, 2.05) is 47.1 Å². The predicted octanol–water partition coefficient (Wildman–Crippen LogP) is 3.74. The number of benzene rings is 2. The number of amides is 1. The van der Waals surface area contributed by atoms with Crippen molar-refractivity contribution >= 4 is 11.6 Å². The highest BCUT2D eigenvalue weighted by Gasteiger charge is 2.31. The van der Waals surface area contributed by atoms with Crippen LogP contribution < -0.4 is 4.90 Å². The first-order valence-electron chi connectivity index (χ1n) is 12.0. The largest absolute Gasteiger partial charge is 0.366 e. The van der Waals surface area contributed by atoms with Gasteiger partial charge in [-0.15, -0.1) is 0 Å². The van der Waals surface area contributed by atoms with Crippen LogP contribution in [0.25, 0.3) is 11.4 Å². The van der Waals surface area contributed by atoms with Crippen molar-refractivity contribution in [3.63, 3.8) is 0 Å². The maximum absolute atomic E-state index is 14.1. The summed E-state index contributed by atoms with van der Waals surface area (Å²) >= 11 is 0. The molecule has 0 bridgehead atoms. The molecule has 3 heterocycles. The number of piperazine rings is 1. The minimum atomic E-state index is -0.207. The Labute approximate surface area is 199 Å². The molecule has 0 N–H and O–H groups in total. The number of piperidine rings is 1. The van der Waals surface area contributed by atoms with Gasteiger partial charge in [0.1, 0.15) is 5.82 Å². The maximum atomic E-state index is 14.1. The average molecular weight is 464 g/mol. The van der Waals surface area contributed by atoms with E-state index in [4.69, 9.17) is 4.52 Å². The molecule has 34 heavy (non-hydrogen) atoms. The first-order valence-corrected chi connectivity index (χ1v) is 12.0. The molecular weight excluding hydrogens is 433 g/mol. The van der Waals surface area contributed by atoms with Crippen molar-refractivity contribution in [2.75, 3.05) is 44.2 Å². The minimum absolute atomic E-state index is 0.0433. The van der Waals surface area contributed by atoms with Gasteiger partial charge >= 0.3 is 0 Å². The van der Waals surface area contributed by atoms with Gasteiger partial charge in [-0.1, -0.05) is 41.1 Å². The number of nitrogens with zero attached hydrogens (tertiary/aromatic N) is 5. The van der Waals surface area contributed by atoms with E-state index < -0.39 is 0 Å². The zero-order valence-corrected chi connectivity index (χ0v) is 19.5. The van der Waals surface area contributed by atoms with E-state index in [0.717, 1.165) is 37.1 Å². The molecule has 0 atom stereocenters. The lowest BCUT2D eigenvalue weighted by molar-refractivity contribution is -0.137. The second-order valence-corrected chi connectivity index (χ2v) is 9.20. The highest BCUT2D eigenvalue weighted by Crippen LogP contribution is 2.25. The highest BCUT2D eigenvalue weighted by atomic mass is 19.1. The van der Waals surface area contributed by atoms with Gasteiger partial charge in [0.2, 0.25) is 17.6 Å². The van der Waals surface area contributed by atoms with Crippen LogP contribution in [-0.4, -0.2) is 65.1 Å². The fourth-order valence-electron chi connectivity index (χ4n) is 4.88. The summed E-state index contributed by atoms with van der Waals surface area (Å²) in [5.41, 5.74) is 2.73. The van der Waals surface area contributed by atoms with Crippen molar-refractivity contribution in [2.24, 2.45) is 5.92 Å². The summed E-state index contributed by atoms with van der Waals surface area (Å²) in [6.45, 7) is 6.88. The highest BCUT2D eigenvalue weighted by molar-refractivity contribution is 5.79. The second kappa shape index (κ2) is 9.93. The van der Waals surface area contributed by atoms with E-state index in [9.17, 15) is 9.18 Å². The van der Waals surface area contributed by atoms with Gasteiger partial charge in [0.15, 0.2) is 0 Å². The van der Waals surface area contributed by atoms with Crippen molar-refractivity contribution in [3.8, 4) is 11.4 Å². The SMILES string of the molecule is Cc1cccc(-c2noc(CN3CCC(C(=O)N4CCN(c5ccccc5F)CC4)CC3)n2)c1. The topological polar surface area (TPSA) is 65.7 Å². The van der Waals surface area contributed by atoms with E-state index in [0.29, 0.717) is 50.1 Å². The molecule has 2 fully saturated rings. The number of hydrogen-bond acceptors (Lipinski definition) is 6. The van der Waals surface area contributed by atoms with Gasteiger partial charge in [-0.3, -0.25) is 9.69 Å². The Balaban J connectivity index is 1.10. The van der Waals surface area contributed by atoms with Crippen molar-refractivity contribution in [2.45, 2.75) is 26.3 Å². The normalized spacial score (nSPS) is 17.8. The van der Waals surface area contributed by atoms with Gasteiger partial charge < -0.3 is 14.3 Å². The van der Waals surface area contributed by atoms with E-state index in [2.05, 4.69) is 15.0 Å². The van der Waals surface area contributed by atoms with Crippen LogP contribution in [-0.2, 0) is 11.3 Å². The molecule has 1 amide bonds. The molecule has 2 saturated heterocycles. The number of likely N-dealkylation sites (tertiary alicyclic amines) is 1. The molecular formula is C26H30FN5O2. The lowest BCUT2D eigenvalue weighted by atomic mass is 9.95. The van der Waals surface area contributed by atoms with Crippen LogP contribution in [0, 0.1) is 18.7 Å². The van der Waals surface area contributed by atoms with Crippen LogP contribution >= 0.6 is 0 Å². The van der Waals surface area contributed by atoms with Gasteiger partial charge in [0.05, 0.1) is 12.2 Å². The third-order valence-electron chi connectivity index (χ3n) is 6.82. The monoisotopic (exact) mass is 463 g/mol. The Morgan fingerprint density at radius 3 is 2.53 bits per heavy atom. The van der Waals surface area contributed by atoms with E-state index in [1.54, 1.807) is 12.1 Å². The molecule has 178 valence electrons. The Morgan fingerprint density at radius 1 is 1.03 bits per heavy atom. The van der Waals surface area contributed by atoms with Crippen LogP contribution in [0.5, 0.6) is 0 Å². The molecule has 2 aliphatic rings. The molecule has 1 aromatic heterocycles. The molecule has 2 aromatic carbocycles. The molecule has 2 aliphatic heterocycles. The fraction of sp³-hybridized carbons (Fsp3) is 0.423. The van der Waals surface area contributed by atoms with Gasteiger partial charge in [-0.05, 0) is 51.1 Å². The number of aryl methyl sites for hydroxylation is 1. The quantitative estimate of drug-likeness (QED) is 0.574. The Bertz CT molecular complexity index is 1130. The number of carbonyl (C=O) groups is 1. The van der Waals surface area contributed by atoms with Crippen molar-refractivity contribution in [1.29, 1.82) is 0 Å². The van der Waals surface area contributed by atoms with Crippen LogP contribution in [0.15, 0.2) is 53.1 Å². The van der Waals surface area contributed by atoms with Crippen LogP contribution in [0.2, 0.25) is 0 Å². The molecule has 7 nitrogen and oxygen atoms in total. The van der Waals surface area contributed by atoms with Gasteiger partial charge in [0, 0.05) is 37.7 Å². The summed E-state index contributed by atoms with van der Waals surface area (Å²) < 4.78 is 19.6. The summed E-state index contributed by atoms with van der Waals surface area (Å²) in [4.78, 5) is 23.9. The number of anilines is 1. The summed E-state index contributed by atoms with van der Waals surface area (Å²) in [5, 5.41) is 4.13. The Kier molecular flexibility index (Phi) is 6.58. The fourth-order valence-corrected chi connectivity index (χ4v) is 4.88. The number of rotatable bonds is 5. The zero-order valence-electron chi connectivity index (χ0n) is 19.5. The number of halogens is 1. The number of hydrogen-bond donors (Lipinski definition) is 0. The third-order valence-corrected chi connectivity index (χ3v) is 6.82. The summed E-state index contributed by atoms with van der Waals surface area (Å²) in [5.74, 6) is 1.28. The lowest BCUT2D eigenvalue weighted by Crippen LogP contribution is -2.51. The molecule has 0 aliphatic carbocycles. The van der Waals surface area contributed by atoms with Crippen LogP contribution in [0.3, 0.4) is 0 Å². The second-order valence-electron chi connectivity index (χ2n) is 9.20. The maximum Gasteiger partial charge on any atom is 0.241 e. The smallest absolute Gasteiger partial charge is 0.241 e. The van der Waals surface area contributed by atoms with E-state index >= 15 is 0 Å². The first kappa shape index (κ1) is 22.5. The first-order chi connectivity index (χ1) is 16.6. The van der Waals surface area contributed by atoms with Gasteiger partial charge in [-0.25, -0.2) is 4.39 Å². The third kappa shape index (κ3) is 4.97. The van der Waals surface area contributed by atoms with Crippen LogP contribution in [0.1, 0.15) is 24.3 Å². The standard InChI is InChI=1S/C26H30FN5O2/c1-19-5-4-6-21(17-19)25-28-24(34-29-25)18-30-11-9-20(10-12-30)26(33)32-15-13-31(14-16-32)23-8-3-2-7-22(23)27/h2-8,17,20H,9-16,18H2,1H3. The minimum Gasteiger partial charge on any atom is -0.366 e. The molecule has 0 radical (unpaired) electrons. The van der Waals surface area contributed by atoms with E-state index in [-0.39, 0.29) is 17.6 Å². The zero-order chi connectivity index (χ0) is 23.5. The summed E-state index contributed by atoms with van der Waals surface area (Å²) in [6, 6.07) is 14.9. The lowest BCUT2D eigenvalue weighted by Gasteiger charge is -2.39. The molecule has 8 heteroatoms. The number of aromatic nitrogens is 2. The Hall–Kier alpha value is -3.26. The van der Waals surface area contributed by atoms with Crippen molar-refractivity contribution in [1.82, 2.24) is 19.9 Å². The Morgan fingerprint density at radius 2 is 1.79 bits per heavy atom. The average Bonchev–Trinajstić information content (AvgIpc) is 3.33. The predicted molar refractivity (Wildman–Crippen MR) is 128 cm³/mol. The van der Waals surface area contributed by atoms with Gasteiger partial charge in [-0.2, -0.15) is 4.98 Å².